The standard InChI is InChI=1S/C24H20ClF2N3O4S/c25-17-11-18(26)16(10-19(17)27)22(12-4-5-12)29-23(31)21-9-13-6-7-20(13)30(21)24(32)14-2-1-3-15(8-14)35(28,33)34/h1-3,8,10-13,20-22H,4-5,9H2,(H,29,31)(H2,28,33,34)/t13-,20-,21-,22-/m1/s1. The zero-order valence-corrected chi connectivity index (χ0v) is 19.7. The predicted molar refractivity (Wildman–Crippen MR) is 122 cm³/mol. The smallest absolute Gasteiger partial charge is 0.255 e. The lowest BCUT2D eigenvalue weighted by Crippen LogP contribution is -2.50. The van der Waals surface area contributed by atoms with E-state index in [1.807, 2.05) is 0 Å². The van der Waals surface area contributed by atoms with Crippen LogP contribution in [-0.2, 0) is 14.8 Å². The number of sulfonamides is 1. The van der Waals surface area contributed by atoms with Crippen molar-refractivity contribution in [2.45, 2.75) is 42.3 Å². The summed E-state index contributed by atoms with van der Waals surface area (Å²) in [6.07, 6.45) is 1.74. The van der Waals surface area contributed by atoms with Crippen LogP contribution in [0.4, 0.5) is 8.78 Å². The van der Waals surface area contributed by atoms with E-state index in [0.29, 0.717) is 0 Å². The second-order valence-electron chi connectivity index (χ2n) is 8.99. The van der Waals surface area contributed by atoms with E-state index in [2.05, 4.69) is 17.2 Å². The number of nitrogens with two attached hydrogens (primary N) is 1. The Labute approximate surface area is 205 Å². The largest absolute Gasteiger partial charge is 0.347 e. The highest BCUT2D eigenvalue weighted by atomic mass is 35.5. The Morgan fingerprint density at radius 2 is 1.89 bits per heavy atom. The first kappa shape index (κ1) is 23.7. The molecule has 35 heavy (non-hydrogen) atoms. The molecule has 1 saturated heterocycles. The molecule has 1 heterocycles. The molecule has 0 unspecified atom stereocenters. The molecule has 2 fully saturated rings. The Bertz CT molecular complexity index is 1420. The Morgan fingerprint density at radius 1 is 1.14 bits per heavy atom. The minimum absolute atomic E-state index is 0.00120. The van der Waals surface area contributed by atoms with Crippen LogP contribution in [0.1, 0.15) is 41.2 Å². The average molecular weight is 520 g/mol. The number of hydrogen-bond acceptors (Lipinski definition) is 4. The quantitative estimate of drug-likeness (QED) is 0.452. The fourth-order valence-electron chi connectivity index (χ4n) is 4.64. The van der Waals surface area contributed by atoms with Crippen LogP contribution in [0.25, 0.3) is 0 Å². The van der Waals surface area contributed by atoms with E-state index in [-0.39, 0.29) is 39.3 Å². The summed E-state index contributed by atoms with van der Waals surface area (Å²) in [7, 11) is -4.04. The first-order chi connectivity index (χ1) is 16.5. The number of nitrogens with one attached hydrogen (secondary N) is 1. The zero-order chi connectivity index (χ0) is 25.1. The molecule has 1 aliphatic heterocycles. The maximum Gasteiger partial charge on any atom is 0.255 e. The second kappa shape index (κ2) is 8.59. The summed E-state index contributed by atoms with van der Waals surface area (Å²) in [5, 5.41) is 7.65. The number of carbonyl (C=O) groups is 2. The monoisotopic (exact) mass is 519 g/mol. The van der Waals surface area contributed by atoms with Gasteiger partial charge in [-0.25, -0.2) is 22.3 Å². The Hall–Kier alpha value is -3.00. The molecule has 182 valence electrons. The van der Waals surface area contributed by atoms with Crippen LogP contribution in [0, 0.1) is 35.3 Å². The Kier molecular flexibility index (Phi) is 5.82. The summed E-state index contributed by atoms with van der Waals surface area (Å²) in [5.41, 5.74) is 0.0481. The summed E-state index contributed by atoms with van der Waals surface area (Å²) >= 11 is 5.68. The van der Waals surface area contributed by atoms with Gasteiger partial charge in [0.2, 0.25) is 15.9 Å². The van der Waals surface area contributed by atoms with E-state index >= 15 is 0 Å². The van der Waals surface area contributed by atoms with Crippen LogP contribution in [0.15, 0.2) is 41.3 Å². The molecule has 11 heteroatoms. The number of amides is 2. The lowest BCUT2D eigenvalue weighted by molar-refractivity contribution is -0.126. The molecular formula is C24H20ClF2N3O4S. The lowest BCUT2D eigenvalue weighted by Gasteiger charge is -2.31. The number of hydrogen-bond donors (Lipinski definition) is 2. The van der Waals surface area contributed by atoms with Crippen LogP contribution >= 0.6 is 11.6 Å². The van der Waals surface area contributed by atoms with Gasteiger partial charge in [0.05, 0.1) is 21.9 Å². The Morgan fingerprint density at radius 3 is 2.51 bits per heavy atom. The predicted octanol–water partition coefficient (Wildman–Crippen LogP) is 2.75. The van der Waals surface area contributed by atoms with Gasteiger partial charge in [0, 0.05) is 11.1 Å². The third-order valence-corrected chi connectivity index (χ3v) is 7.82. The SMILES string of the molecule is NS(=O)(=O)c1cccc(C(=O)N2[C@@H](C(=O)N[C@@H](c3cc(F)c(Cl)cc3F)C3CC3)C[C@H]3C#C[C@H]32)c1. The van der Waals surface area contributed by atoms with Crippen LogP contribution < -0.4 is 10.5 Å². The number of likely N-dealkylation sites (tertiary alicyclic amines) is 1. The molecular weight excluding hydrogens is 500 g/mol. The van der Waals surface area contributed by atoms with E-state index in [0.717, 1.165) is 31.0 Å². The molecule has 1 saturated carbocycles. The van der Waals surface area contributed by atoms with Crippen molar-refractivity contribution in [2.24, 2.45) is 17.0 Å². The third kappa shape index (κ3) is 4.40. The average Bonchev–Trinajstić information content (AvgIpc) is 3.59. The van der Waals surface area contributed by atoms with Crippen molar-refractivity contribution in [1.82, 2.24) is 10.2 Å². The number of primary sulfonamides is 1. The van der Waals surface area contributed by atoms with Crippen molar-refractivity contribution in [3.8, 4) is 11.8 Å². The van der Waals surface area contributed by atoms with Crippen molar-refractivity contribution < 1.29 is 26.8 Å². The van der Waals surface area contributed by atoms with Crippen LogP contribution in [0.2, 0.25) is 5.02 Å². The highest BCUT2D eigenvalue weighted by Crippen LogP contribution is 2.43. The topological polar surface area (TPSA) is 110 Å². The third-order valence-electron chi connectivity index (χ3n) is 6.62. The van der Waals surface area contributed by atoms with Crippen molar-refractivity contribution in [2.75, 3.05) is 0 Å². The first-order valence-electron chi connectivity index (χ1n) is 11.0. The molecule has 3 N–H and O–H groups in total. The number of halogens is 3. The van der Waals surface area contributed by atoms with Gasteiger partial charge in [0.1, 0.15) is 23.7 Å². The van der Waals surface area contributed by atoms with Gasteiger partial charge in [-0.2, -0.15) is 0 Å². The number of rotatable bonds is 6. The van der Waals surface area contributed by atoms with E-state index in [1.54, 1.807) is 0 Å². The lowest BCUT2D eigenvalue weighted by atomic mass is 9.92. The van der Waals surface area contributed by atoms with Gasteiger partial charge in [-0.3, -0.25) is 9.59 Å². The van der Waals surface area contributed by atoms with Gasteiger partial charge < -0.3 is 10.2 Å². The fraction of sp³-hybridized carbons (Fsp3) is 0.333. The number of carbonyl (C=O) groups excluding carboxylic acids is 2. The van der Waals surface area contributed by atoms with E-state index < -0.39 is 51.6 Å². The van der Waals surface area contributed by atoms with Crippen LogP contribution in [-0.4, -0.2) is 37.2 Å². The van der Waals surface area contributed by atoms with Gasteiger partial charge in [0.15, 0.2) is 0 Å². The van der Waals surface area contributed by atoms with Gasteiger partial charge in [-0.05, 0) is 55.5 Å². The van der Waals surface area contributed by atoms with Crippen molar-refractivity contribution in [3.63, 3.8) is 0 Å². The van der Waals surface area contributed by atoms with Crippen molar-refractivity contribution in [1.29, 1.82) is 0 Å². The molecule has 5 rings (SSSR count). The maximum atomic E-state index is 14.6. The van der Waals surface area contributed by atoms with Crippen LogP contribution in [0.5, 0.6) is 0 Å². The van der Waals surface area contributed by atoms with E-state index in [9.17, 15) is 26.8 Å². The van der Waals surface area contributed by atoms with Gasteiger partial charge in [-0.1, -0.05) is 29.5 Å². The molecule has 7 nitrogen and oxygen atoms in total. The van der Waals surface area contributed by atoms with E-state index in [4.69, 9.17) is 16.7 Å². The first-order valence-corrected chi connectivity index (χ1v) is 12.9. The number of fused-ring (bicyclic) bond motifs is 1. The highest BCUT2D eigenvalue weighted by Gasteiger charge is 2.50. The molecule has 0 radical (unpaired) electrons. The Balaban J connectivity index is 1.42. The summed E-state index contributed by atoms with van der Waals surface area (Å²) < 4.78 is 52.2. The molecule has 2 aromatic carbocycles. The van der Waals surface area contributed by atoms with Crippen molar-refractivity contribution >= 4 is 33.4 Å². The minimum Gasteiger partial charge on any atom is -0.347 e. The van der Waals surface area contributed by atoms with Gasteiger partial charge >= 0.3 is 0 Å². The van der Waals surface area contributed by atoms with Gasteiger partial charge in [-0.15, -0.1) is 0 Å². The van der Waals surface area contributed by atoms with E-state index in [1.165, 1.54) is 23.1 Å². The molecule has 0 spiro atoms. The molecule has 4 atom stereocenters. The molecule has 3 aliphatic rings. The van der Waals surface area contributed by atoms with Crippen molar-refractivity contribution in [3.05, 3.63) is 64.2 Å². The zero-order valence-electron chi connectivity index (χ0n) is 18.2. The molecule has 2 amide bonds. The van der Waals surface area contributed by atoms with Gasteiger partial charge in [0.25, 0.3) is 5.91 Å². The molecule has 0 bridgehead atoms. The minimum atomic E-state index is -4.04. The second-order valence-corrected chi connectivity index (χ2v) is 11.0. The normalized spacial score (nSPS) is 23.5. The fourth-order valence-corrected chi connectivity index (χ4v) is 5.35. The van der Waals surface area contributed by atoms with Crippen LogP contribution in [0.3, 0.4) is 0 Å². The summed E-state index contributed by atoms with van der Waals surface area (Å²) in [5.74, 6) is 2.95. The highest BCUT2D eigenvalue weighted by molar-refractivity contribution is 7.89. The number of nitrogens with zero attached hydrogens (tertiary/aromatic N) is 1. The molecule has 2 aliphatic carbocycles. The number of benzene rings is 2. The summed E-state index contributed by atoms with van der Waals surface area (Å²) in [6, 6.07) is 4.91. The summed E-state index contributed by atoms with van der Waals surface area (Å²) in [4.78, 5) is 27.9. The molecule has 2 aromatic rings. The molecule has 0 aromatic heterocycles. The summed E-state index contributed by atoms with van der Waals surface area (Å²) in [6.45, 7) is 0. The maximum absolute atomic E-state index is 14.6.